The van der Waals surface area contributed by atoms with Crippen LogP contribution >= 0.6 is 0 Å². The summed E-state index contributed by atoms with van der Waals surface area (Å²) in [5, 5.41) is 5.86. The Morgan fingerprint density at radius 2 is 0.812 bits per heavy atom. The predicted molar refractivity (Wildman–Crippen MR) is 132 cm³/mol. The number of nitrogens with one attached hydrogen (secondary N) is 2. The number of anilines is 2. The van der Waals surface area contributed by atoms with E-state index in [0.717, 1.165) is 11.4 Å². The van der Waals surface area contributed by atoms with Crippen molar-refractivity contribution in [3.05, 3.63) is 120 Å². The molecule has 0 aliphatic heterocycles. The number of rotatable bonds is 7. The molecule has 0 atom stereocenters. The van der Waals surface area contributed by atoms with E-state index in [1.807, 2.05) is 60.7 Å². The fourth-order valence-electron chi connectivity index (χ4n) is 2.87. The zero-order valence-electron chi connectivity index (χ0n) is 17.0. The van der Waals surface area contributed by atoms with Crippen LogP contribution in [0.2, 0.25) is 0 Å². The number of benzene rings is 4. The van der Waals surface area contributed by atoms with Crippen LogP contribution < -0.4 is 19.6 Å². The van der Waals surface area contributed by atoms with E-state index in [2.05, 4.69) is 34.9 Å². The van der Waals surface area contributed by atoms with Gasteiger partial charge in [-0.2, -0.15) is 0 Å². The van der Waals surface area contributed by atoms with Crippen LogP contribution in [0, 0.1) is 0 Å². The topological polar surface area (TPSA) is 58.2 Å². The van der Waals surface area contributed by atoms with E-state index >= 15 is 0 Å². The van der Waals surface area contributed by atoms with Gasteiger partial charge in [-0.15, -0.1) is 0 Å². The van der Waals surface area contributed by atoms with E-state index in [0.29, 0.717) is 37.4 Å². The second-order valence-electron chi connectivity index (χ2n) is 6.86. The van der Waals surface area contributed by atoms with Crippen molar-refractivity contribution < 1.29 is 9.59 Å². The van der Waals surface area contributed by atoms with Crippen molar-refractivity contribution in [3.8, 4) is 0 Å². The normalized spacial score (nSPS) is 10.4. The van der Waals surface area contributed by atoms with Crippen molar-refractivity contribution in [1.29, 1.82) is 0 Å². The van der Waals surface area contributed by atoms with Crippen molar-refractivity contribution in [2.24, 2.45) is 0 Å². The first-order valence-electron chi connectivity index (χ1n) is 9.95. The molecule has 0 aromatic heterocycles. The van der Waals surface area contributed by atoms with Gasteiger partial charge in [0.15, 0.2) is 0 Å². The van der Waals surface area contributed by atoms with Crippen molar-refractivity contribution in [1.82, 2.24) is 0 Å². The summed E-state index contributed by atoms with van der Waals surface area (Å²) in [6, 6.07) is 34.5. The number of carbonyl (C=O) groups is 2. The molecule has 0 saturated carbocycles. The van der Waals surface area contributed by atoms with Crippen molar-refractivity contribution in [3.63, 3.8) is 0 Å². The molecule has 158 valence electrons. The molecule has 0 unspecified atom stereocenters. The number of amides is 2. The minimum atomic E-state index is -0.104. The zero-order valence-corrected chi connectivity index (χ0v) is 20.5. The monoisotopic (exact) mass is 552 g/mol. The molecule has 0 aliphatic carbocycles. The molecule has 32 heavy (non-hydrogen) atoms. The van der Waals surface area contributed by atoms with Crippen LogP contribution in [0.4, 0.5) is 11.4 Å². The molecular weight excluding hydrogens is 530 g/mol. The van der Waals surface area contributed by atoms with Gasteiger partial charge in [-0.1, -0.05) is 0 Å². The summed E-state index contributed by atoms with van der Waals surface area (Å²) in [5.41, 5.74) is 2.88. The Bertz CT molecular complexity index is 1080. The van der Waals surface area contributed by atoms with E-state index < -0.39 is 0 Å². The van der Waals surface area contributed by atoms with Crippen LogP contribution in [0.1, 0.15) is 20.7 Å². The van der Waals surface area contributed by atoms with Crippen molar-refractivity contribution in [2.45, 2.75) is 0 Å². The van der Waals surface area contributed by atoms with Gasteiger partial charge in [0.2, 0.25) is 0 Å². The van der Waals surface area contributed by atoms with Gasteiger partial charge in [-0.25, -0.2) is 0 Å². The number of hydrogen-bond donors (Lipinski definition) is 2. The zero-order chi connectivity index (χ0) is 22.2. The van der Waals surface area contributed by atoms with Crippen LogP contribution in [-0.4, -0.2) is 38.1 Å². The Hall–Kier alpha value is -3.14. The van der Waals surface area contributed by atoms with E-state index in [1.54, 1.807) is 24.3 Å². The van der Waals surface area contributed by atoms with Crippen molar-refractivity contribution >= 4 is 58.4 Å². The van der Waals surface area contributed by atoms with E-state index in [4.69, 9.17) is 0 Å². The Kier molecular flexibility index (Phi) is 7.54. The average molecular weight is 550 g/mol. The summed E-state index contributed by atoms with van der Waals surface area (Å²) in [5.74, 6) is -0.208. The van der Waals surface area contributed by atoms with E-state index in [9.17, 15) is 9.59 Å². The molecule has 2 amide bonds. The molecule has 2 N–H and O–H groups in total. The molecule has 0 bridgehead atoms. The van der Waals surface area contributed by atoms with Gasteiger partial charge in [0.1, 0.15) is 0 Å². The minimum absolute atomic E-state index is 0.104. The number of hydrogen-bond acceptors (Lipinski definition) is 2. The van der Waals surface area contributed by atoms with Crippen LogP contribution in [0.5, 0.6) is 0 Å². The van der Waals surface area contributed by atoms with Gasteiger partial charge in [-0.3, -0.25) is 0 Å². The molecule has 4 nitrogen and oxygen atoms in total. The average Bonchev–Trinajstić information content (AvgIpc) is 2.85. The maximum absolute atomic E-state index is 12.3. The Morgan fingerprint density at radius 1 is 0.469 bits per heavy atom. The summed E-state index contributed by atoms with van der Waals surface area (Å²) in [4.78, 5) is 24.5. The molecule has 4 aromatic carbocycles. The Balaban J connectivity index is 1.28. The molecule has 0 heterocycles. The molecule has 4 aromatic rings. The van der Waals surface area contributed by atoms with Crippen LogP contribution in [0.15, 0.2) is 109 Å². The molecule has 0 aliphatic rings. The summed E-state index contributed by atoms with van der Waals surface area (Å²) >= 11 is 0.674. The van der Waals surface area contributed by atoms with Crippen LogP contribution in [-0.2, 0) is 0 Å². The molecule has 0 saturated heterocycles. The van der Waals surface area contributed by atoms with Crippen LogP contribution in [0.25, 0.3) is 0 Å². The second-order valence-corrected chi connectivity index (χ2v) is 13.2. The van der Waals surface area contributed by atoms with E-state index in [1.165, 1.54) is 8.92 Å². The predicted octanol–water partition coefficient (Wildman–Crippen LogP) is 3.47. The quantitative estimate of drug-likeness (QED) is 0.347. The van der Waals surface area contributed by atoms with Gasteiger partial charge in [-0.05, 0) is 0 Å². The van der Waals surface area contributed by atoms with Crippen molar-refractivity contribution in [2.75, 3.05) is 10.6 Å². The molecule has 0 fully saturated rings. The number of carbonyl (C=O) groups excluding carboxylic acids is 2. The summed E-state index contributed by atoms with van der Waals surface area (Å²) in [6.45, 7) is 0. The summed E-state index contributed by atoms with van der Waals surface area (Å²) in [6.07, 6.45) is 0. The Labute approximate surface area is 198 Å². The van der Waals surface area contributed by atoms with Gasteiger partial charge >= 0.3 is 199 Å². The first-order valence-corrected chi connectivity index (χ1v) is 16.0. The first kappa shape index (κ1) is 22.1. The van der Waals surface area contributed by atoms with Gasteiger partial charge < -0.3 is 0 Å². The van der Waals surface area contributed by atoms with Gasteiger partial charge in [0.25, 0.3) is 0 Å². The SMILES string of the molecule is O=C(Nc1ccc([Se][Se]c2ccc(NC(=O)c3ccccc3)cc2)cc1)c1ccccc1. The molecular formula is C26H20N2O2Se2. The second kappa shape index (κ2) is 10.9. The molecule has 0 spiro atoms. The molecule has 0 radical (unpaired) electrons. The fraction of sp³-hybridized carbons (Fsp3) is 0. The van der Waals surface area contributed by atoms with Gasteiger partial charge in [0, 0.05) is 0 Å². The first-order chi connectivity index (χ1) is 15.7. The summed E-state index contributed by atoms with van der Waals surface area (Å²) in [7, 11) is 0. The van der Waals surface area contributed by atoms with Gasteiger partial charge in [0.05, 0.1) is 0 Å². The fourth-order valence-corrected chi connectivity index (χ4v) is 8.83. The standard InChI is InChI=1S/C26H20N2O2Se2/c29-25(19-7-3-1-4-8-19)27-21-11-15-23(16-12-21)31-32-24-17-13-22(14-18-24)28-26(30)20-9-5-2-6-10-20/h1-18H,(H,27,29)(H,28,30). The van der Waals surface area contributed by atoms with Crippen LogP contribution in [0.3, 0.4) is 0 Å². The molecule has 6 heteroatoms. The third-order valence-corrected chi connectivity index (χ3v) is 11.8. The maximum atomic E-state index is 12.3. The Morgan fingerprint density at radius 3 is 1.16 bits per heavy atom. The molecule has 4 rings (SSSR count). The third-order valence-electron chi connectivity index (χ3n) is 4.53. The van der Waals surface area contributed by atoms with E-state index in [-0.39, 0.29) is 11.8 Å². The third kappa shape index (κ3) is 6.19. The summed E-state index contributed by atoms with van der Waals surface area (Å²) < 4.78 is 2.58.